The lowest BCUT2D eigenvalue weighted by molar-refractivity contribution is -0.121. The van der Waals surface area contributed by atoms with Crippen LogP contribution in [-0.2, 0) is 9.59 Å². The quantitative estimate of drug-likeness (QED) is 0.224. The third-order valence-corrected chi connectivity index (χ3v) is 8.80. The Morgan fingerprint density at radius 3 is 1.50 bits per heavy atom. The van der Waals surface area contributed by atoms with Gasteiger partial charge >= 0.3 is 0 Å². The summed E-state index contributed by atoms with van der Waals surface area (Å²) in [5.74, 6) is -0.0558. The van der Waals surface area contributed by atoms with E-state index in [-0.39, 0.29) is 11.8 Å². The average molecular weight is 589 g/mol. The number of carbonyl (C=O) groups is 2. The van der Waals surface area contributed by atoms with Crippen molar-refractivity contribution in [2.45, 2.75) is 53.4 Å². The molecule has 0 radical (unpaired) electrons. The van der Waals surface area contributed by atoms with Crippen LogP contribution in [0.4, 0.5) is 0 Å². The number of fused-ring (bicyclic) bond motifs is 8. The topological polar surface area (TPSA) is 116 Å². The van der Waals surface area contributed by atoms with Crippen LogP contribution in [0.1, 0.15) is 84.6 Å². The normalized spacial score (nSPS) is 12.9. The van der Waals surface area contributed by atoms with E-state index < -0.39 is 0 Å². The molecule has 8 nitrogen and oxygen atoms in total. The highest BCUT2D eigenvalue weighted by atomic mass is 16.2. The summed E-state index contributed by atoms with van der Waals surface area (Å²) in [6.45, 7) is 16.4. The minimum atomic E-state index is -0.0283. The number of allylic oxidation sites excluding steroid dienone is 4. The zero-order chi connectivity index (χ0) is 31.7. The molecule has 0 unspecified atom stereocenters. The van der Waals surface area contributed by atoms with Crippen molar-refractivity contribution >= 4 is 68.3 Å². The summed E-state index contributed by atoms with van der Waals surface area (Å²) < 4.78 is 0. The number of carbonyl (C=O) groups excluding carboxylic acids is 2. The number of hydrogen-bond donors (Lipinski definition) is 4. The van der Waals surface area contributed by atoms with Crippen molar-refractivity contribution in [3.05, 3.63) is 82.5 Å². The zero-order valence-electron chi connectivity index (χ0n) is 26.4. The minimum Gasteiger partial charge on any atom is -0.359 e. The van der Waals surface area contributed by atoms with Gasteiger partial charge in [-0.05, 0) is 98.2 Å². The first kappa shape index (κ1) is 30.5. The second-order valence-electron chi connectivity index (χ2n) is 11.3. The lowest BCUT2D eigenvalue weighted by atomic mass is 9.98. The van der Waals surface area contributed by atoms with E-state index >= 15 is 0 Å². The van der Waals surface area contributed by atoms with E-state index in [1.54, 1.807) is 14.1 Å². The van der Waals surface area contributed by atoms with Gasteiger partial charge in [0, 0.05) is 60.1 Å². The summed E-state index contributed by atoms with van der Waals surface area (Å²) >= 11 is 0. The number of H-pyrrole nitrogens is 2. The van der Waals surface area contributed by atoms with Crippen molar-refractivity contribution in [2.75, 3.05) is 14.1 Å². The standard InChI is InChI=1S/C36H40N6O2/c1-9-23-19(3)27-15-28-21(5)25(11-13-35(43)37-7)33(41-28)18-34-26(12-14-36(44)38-8)22(6)30(42-34)17-32-24(10-2)20(4)29(40-32)16-31(23)39-27/h9-10,15-18,39-40H,1-2,11-14H2,3-8H3,(H,37,43)(H,38,44). The molecule has 0 spiro atoms. The Morgan fingerprint density at radius 1 is 0.659 bits per heavy atom. The van der Waals surface area contributed by atoms with Crippen LogP contribution in [0, 0.1) is 13.8 Å². The Balaban J connectivity index is 1.89. The van der Waals surface area contributed by atoms with Gasteiger partial charge in [-0.2, -0.15) is 0 Å². The summed E-state index contributed by atoms with van der Waals surface area (Å²) in [5.41, 5.74) is 15.2. The maximum Gasteiger partial charge on any atom is 0.220 e. The van der Waals surface area contributed by atoms with Crippen molar-refractivity contribution in [2.24, 2.45) is 0 Å². The highest BCUT2D eigenvalue weighted by Crippen LogP contribution is 2.38. The molecule has 0 atom stereocenters. The molecule has 0 aliphatic carbocycles. The Kier molecular flexibility index (Phi) is 8.54. The van der Waals surface area contributed by atoms with Gasteiger partial charge in [-0.3, -0.25) is 9.59 Å². The number of aromatic nitrogens is 4. The Labute approximate surface area is 258 Å². The molecule has 226 valence electrons. The van der Waals surface area contributed by atoms with Crippen LogP contribution >= 0.6 is 0 Å². The predicted octanol–water partition coefficient (Wildman–Crippen LogP) is 7.13. The molecule has 5 heterocycles. The summed E-state index contributed by atoms with van der Waals surface area (Å²) in [6.07, 6.45) is 5.51. The van der Waals surface area contributed by atoms with Crippen molar-refractivity contribution in [1.29, 1.82) is 0 Å². The van der Waals surface area contributed by atoms with Crippen LogP contribution in [0.25, 0.3) is 56.5 Å². The average Bonchev–Trinajstić information content (AvgIpc) is 3.67. The van der Waals surface area contributed by atoms with Crippen LogP contribution in [0.5, 0.6) is 0 Å². The molecule has 4 N–H and O–H groups in total. The molecule has 0 aromatic carbocycles. The van der Waals surface area contributed by atoms with Gasteiger partial charge in [-0.1, -0.05) is 25.3 Å². The van der Waals surface area contributed by atoms with Gasteiger partial charge in [-0.15, -0.1) is 0 Å². The van der Waals surface area contributed by atoms with Gasteiger partial charge in [0.1, 0.15) is 0 Å². The van der Waals surface area contributed by atoms with Crippen molar-refractivity contribution in [3.8, 4) is 0 Å². The number of hydrogen-bond acceptors (Lipinski definition) is 4. The zero-order valence-corrected chi connectivity index (χ0v) is 26.4. The van der Waals surface area contributed by atoms with E-state index in [0.717, 1.165) is 89.4 Å². The highest BCUT2D eigenvalue weighted by molar-refractivity contribution is 5.97. The number of aromatic amines is 2. The SMILES string of the molecule is C=Cc1c(C)c2cc3[nH]c(cc4nc(cc5nc(cc1[nH]2)C(C)=C5CCC(=O)NC)C(CCC(=O)NC)=C4C)c(C)c3C=C. The summed E-state index contributed by atoms with van der Waals surface area (Å²) in [7, 11) is 3.30. The Bertz CT molecular complexity index is 1950. The molecule has 0 saturated heterocycles. The second kappa shape index (κ2) is 12.3. The molecule has 3 aromatic heterocycles. The van der Waals surface area contributed by atoms with E-state index in [1.807, 2.05) is 18.2 Å². The predicted molar refractivity (Wildman–Crippen MR) is 182 cm³/mol. The molecular weight excluding hydrogens is 548 g/mol. The van der Waals surface area contributed by atoms with Crippen LogP contribution in [-0.4, -0.2) is 45.8 Å². The molecule has 0 saturated carbocycles. The Morgan fingerprint density at radius 2 is 1.07 bits per heavy atom. The smallest absolute Gasteiger partial charge is 0.220 e. The monoisotopic (exact) mass is 588 g/mol. The van der Waals surface area contributed by atoms with Crippen molar-refractivity contribution < 1.29 is 9.59 Å². The fourth-order valence-electron chi connectivity index (χ4n) is 6.03. The van der Waals surface area contributed by atoms with Crippen molar-refractivity contribution in [1.82, 2.24) is 30.6 Å². The molecule has 2 aliphatic heterocycles. The molecule has 2 aliphatic rings. The van der Waals surface area contributed by atoms with Crippen LogP contribution in [0.15, 0.2) is 37.4 Å². The van der Waals surface area contributed by atoms with E-state index in [0.29, 0.717) is 25.7 Å². The van der Waals surface area contributed by atoms with Gasteiger partial charge in [-0.25, -0.2) is 9.97 Å². The van der Waals surface area contributed by atoms with Crippen molar-refractivity contribution in [3.63, 3.8) is 0 Å². The fourth-order valence-corrected chi connectivity index (χ4v) is 6.03. The van der Waals surface area contributed by atoms with Gasteiger partial charge in [0.25, 0.3) is 0 Å². The third-order valence-electron chi connectivity index (χ3n) is 8.80. The van der Waals surface area contributed by atoms with Gasteiger partial charge in [0.2, 0.25) is 11.8 Å². The summed E-state index contributed by atoms with van der Waals surface area (Å²) in [4.78, 5) is 41.9. The van der Waals surface area contributed by atoms with Gasteiger partial charge in [0.15, 0.2) is 0 Å². The van der Waals surface area contributed by atoms with Gasteiger partial charge in [0.05, 0.1) is 22.8 Å². The molecular formula is C36H40N6O2. The molecule has 3 aromatic rings. The lowest BCUT2D eigenvalue weighted by Gasteiger charge is -2.06. The molecule has 44 heavy (non-hydrogen) atoms. The molecule has 8 bridgehead atoms. The first-order chi connectivity index (χ1) is 21.1. The maximum absolute atomic E-state index is 12.3. The summed E-state index contributed by atoms with van der Waals surface area (Å²) in [5, 5.41) is 5.45. The van der Waals surface area contributed by atoms with E-state index in [9.17, 15) is 9.59 Å². The number of nitrogens with one attached hydrogen (secondary N) is 4. The second-order valence-corrected chi connectivity index (χ2v) is 11.3. The highest BCUT2D eigenvalue weighted by Gasteiger charge is 2.22. The van der Waals surface area contributed by atoms with Crippen LogP contribution in [0.3, 0.4) is 0 Å². The number of nitrogens with zero attached hydrogens (tertiary/aromatic N) is 2. The maximum atomic E-state index is 12.3. The third kappa shape index (κ3) is 5.55. The molecule has 8 heteroatoms. The van der Waals surface area contributed by atoms with Crippen LogP contribution in [0.2, 0.25) is 0 Å². The largest absolute Gasteiger partial charge is 0.359 e. The summed E-state index contributed by atoms with van der Waals surface area (Å²) in [6, 6.07) is 8.24. The Hall–Kier alpha value is -4.98. The lowest BCUT2D eigenvalue weighted by Crippen LogP contribution is -2.17. The molecule has 5 rings (SSSR count). The minimum absolute atomic E-state index is 0.0274. The fraction of sp³-hybridized carbons (Fsp3) is 0.278. The molecule has 0 fully saturated rings. The van der Waals surface area contributed by atoms with E-state index in [2.05, 4.69) is 79.7 Å². The van der Waals surface area contributed by atoms with E-state index in [4.69, 9.17) is 9.97 Å². The number of aryl methyl sites for hydroxylation is 2. The molecule has 2 amide bonds. The van der Waals surface area contributed by atoms with Crippen LogP contribution < -0.4 is 10.6 Å². The first-order valence-corrected chi connectivity index (χ1v) is 14.9. The first-order valence-electron chi connectivity index (χ1n) is 14.9. The van der Waals surface area contributed by atoms with E-state index in [1.165, 1.54) is 0 Å². The van der Waals surface area contributed by atoms with Gasteiger partial charge < -0.3 is 20.6 Å². The number of amides is 2. The number of rotatable bonds is 8.